The first-order valence-corrected chi connectivity index (χ1v) is 7.75. The monoisotopic (exact) mass is 326 g/mol. The van der Waals surface area contributed by atoms with Crippen LogP contribution in [0.1, 0.15) is 43.0 Å². The standard InChI is InChI=1S/C15H19ClN2O4/c1-2-22-13(19)8-11-5-3-4-6-18(11)15(21)12-7-10(16)9-17-14(12)20/h7,9,11H,2-6,8H2,1H3,(H,17,20). The van der Waals surface area contributed by atoms with E-state index in [1.165, 1.54) is 12.3 Å². The molecule has 1 aliphatic rings. The van der Waals surface area contributed by atoms with Crippen molar-refractivity contribution in [2.24, 2.45) is 0 Å². The van der Waals surface area contributed by atoms with Crippen LogP contribution in [0.15, 0.2) is 17.1 Å². The van der Waals surface area contributed by atoms with Gasteiger partial charge in [0.15, 0.2) is 0 Å². The number of amides is 1. The average Bonchev–Trinajstić information content (AvgIpc) is 2.50. The zero-order chi connectivity index (χ0) is 16.1. The van der Waals surface area contributed by atoms with Crippen molar-refractivity contribution in [3.05, 3.63) is 33.2 Å². The number of H-pyrrole nitrogens is 1. The molecule has 0 radical (unpaired) electrons. The molecule has 1 N–H and O–H groups in total. The van der Waals surface area contributed by atoms with Gasteiger partial charge >= 0.3 is 5.97 Å². The second kappa shape index (κ2) is 7.45. The summed E-state index contributed by atoms with van der Waals surface area (Å²) in [6.45, 7) is 2.58. The number of pyridine rings is 1. The Labute approximate surface area is 133 Å². The number of ether oxygens (including phenoxy) is 1. The molecule has 1 atom stereocenters. The summed E-state index contributed by atoms with van der Waals surface area (Å²) >= 11 is 5.85. The van der Waals surface area contributed by atoms with Gasteiger partial charge in [-0.3, -0.25) is 14.4 Å². The summed E-state index contributed by atoms with van der Waals surface area (Å²) in [5.74, 6) is -0.718. The first-order valence-electron chi connectivity index (χ1n) is 7.37. The SMILES string of the molecule is CCOC(=O)CC1CCCCN1C(=O)c1cc(Cl)c[nH]c1=O. The van der Waals surface area contributed by atoms with Crippen molar-refractivity contribution >= 4 is 23.5 Å². The van der Waals surface area contributed by atoms with E-state index >= 15 is 0 Å². The van der Waals surface area contributed by atoms with Gasteiger partial charge in [0.25, 0.3) is 11.5 Å². The summed E-state index contributed by atoms with van der Waals surface area (Å²) < 4.78 is 4.96. The third-order valence-corrected chi connectivity index (χ3v) is 3.91. The molecule has 1 aromatic heterocycles. The molecule has 2 rings (SSSR count). The maximum absolute atomic E-state index is 12.6. The van der Waals surface area contributed by atoms with Gasteiger partial charge < -0.3 is 14.6 Å². The molecular weight excluding hydrogens is 308 g/mol. The Hall–Kier alpha value is -1.82. The molecule has 1 unspecified atom stereocenters. The molecule has 22 heavy (non-hydrogen) atoms. The smallest absolute Gasteiger partial charge is 0.307 e. The van der Waals surface area contributed by atoms with Crippen molar-refractivity contribution < 1.29 is 14.3 Å². The molecule has 2 heterocycles. The lowest BCUT2D eigenvalue weighted by Gasteiger charge is -2.35. The Kier molecular flexibility index (Phi) is 5.60. The highest BCUT2D eigenvalue weighted by Crippen LogP contribution is 2.22. The van der Waals surface area contributed by atoms with Crippen LogP contribution in [0, 0.1) is 0 Å². The lowest BCUT2D eigenvalue weighted by Crippen LogP contribution is -2.46. The summed E-state index contributed by atoms with van der Waals surface area (Å²) in [6, 6.07) is 1.12. The van der Waals surface area contributed by atoms with Gasteiger partial charge in [0, 0.05) is 18.8 Å². The Balaban J connectivity index is 2.19. The van der Waals surface area contributed by atoms with Gasteiger partial charge in [0.05, 0.1) is 18.1 Å². The Bertz CT molecular complexity index is 614. The molecule has 0 aliphatic carbocycles. The quantitative estimate of drug-likeness (QED) is 0.858. The first kappa shape index (κ1) is 16.5. The van der Waals surface area contributed by atoms with Crippen LogP contribution in [0.3, 0.4) is 0 Å². The molecule has 120 valence electrons. The van der Waals surface area contributed by atoms with Gasteiger partial charge in [-0.25, -0.2) is 0 Å². The second-order valence-electron chi connectivity index (χ2n) is 5.22. The summed E-state index contributed by atoms with van der Waals surface area (Å²) in [5, 5.41) is 0.293. The van der Waals surface area contributed by atoms with Crippen LogP contribution in [-0.4, -0.2) is 41.0 Å². The van der Waals surface area contributed by atoms with E-state index in [9.17, 15) is 14.4 Å². The average molecular weight is 327 g/mol. The Morgan fingerprint density at radius 2 is 2.23 bits per heavy atom. The number of carbonyl (C=O) groups excluding carboxylic acids is 2. The number of hydrogen-bond acceptors (Lipinski definition) is 4. The molecule has 7 heteroatoms. The molecule has 1 aromatic rings. The van der Waals surface area contributed by atoms with Crippen LogP contribution in [0.25, 0.3) is 0 Å². The number of nitrogens with zero attached hydrogens (tertiary/aromatic N) is 1. The number of halogens is 1. The molecular formula is C15H19ClN2O4. The molecule has 1 aliphatic heterocycles. The number of aromatic nitrogens is 1. The fourth-order valence-electron chi connectivity index (χ4n) is 2.66. The van der Waals surface area contributed by atoms with Crippen molar-refractivity contribution in [2.75, 3.05) is 13.2 Å². The zero-order valence-electron chi connectivity index (χ0n) is 12.4. The van der Waals surface area contributed by atoms with Crippen LogP contribution >= 0.6 is 11.6 Å². The fourth-order valence-corrected chi connectivity index (χ4v) is 2.83. The van der Waals surface area contributed by atoms with Crippen molar-refractivity contribution in [2.45, 2.75) is 38.6 Å². The second-order valence-corrected chi connectivity index (χ2v) is 5.65. The highest BCUT2D eigenvalue weighted by atomic mass is 35.5. The molecule has 6 nitrogen and oxygen atoms in total. The minimum Gasteiger partial charge on any atom is -0.466 e. The number of nitrogens with one attached hydrogen (secondary N) is 1. The van der Waals surface area contributed by atoms with Crippen LogP contribution < -0.4 is 5.56 Å². The summed E-state index contributed by atoms with van der Waals surface area (Å²) in [5.41, 5.74) is -0.474. The number of hydrogen-bond donors (Lipinski definition) is 1. The normalized spacial score (nSPS) is 18.1. The van der Waals surface area contributed by atoms with Gasteiger partial charge in [-0.15, -0.1) is 0 Å². The number of esters is 1. The van der Waals surface area contributed by atoms with E-state index in [2.05, 4.69) is 4.98 Å². The van der Waals surface area contributed by atoms with Crippen LogP contribution in [0.4, 0.5) is 0 Å². The number of rotatable bonds is 4. The molecule has 0 saturated carbocycles. The van der Waals surface area contributed by atoms with Crippen molar-refractivity contribution in [3.63, 3.8) is 0 Å². The zero-order valence-corrected chi connectivity index (χ0v) is 13.2. The van der Waals surface area contributed by atoms with E-state index in [0.717, 1.165) is 19.3 Å². The first-order chi connectivity index (χ1) is 10.5. The van der Waals surface area contributed by atoms with Crippen molar-refractivity contribution in [3.8, 4) is 0 Å². The number of aromatic amines is 1. The minimum absolute atomic E-state index is 0.00302. The van der Waals surface area contributed by atoms with Crippen LogP contribution in [0.2, 0.25) is 5.02 Å². The van der Waals surface area contributed by atoms with Crippen molar-refractivity contribution in [1.29, 1.82) is 0 Å². The van der Waals surface area contributed by atoms with Gasteiger partial charge in [-0.1, -0.05) is 11.6 Å². The highest BCUT2D eigenvalue weighted by Gasteiger charge is 2.30. The van der Waals surface area contributed by atoms with Crippen LogP contribution in [0.5, 0.6) is 0 Å². The Morgan fingerprint density at radius 3 is 2.95 bits per heavy atom. The molecule has 1 amide bonds. The molecule has 1 saturated heterocycles. The number of likely N-dealkylation sites (tertiary alicyclic amines) is 1. The lowest BCUT2D eigenvalue weighted by molar-refractivity contribution is -0.144. The largest absolute Gasteiger partial charge is 0.466 e. The third-order valence-electron chi connectivity index (χ3n) is 3.69. The van der Waals surface area contributed by atoms with E-state index in [1.54, 1.807) is 11.8 Å². The third kappa shape index (κ3) is 3.88. The summed E-state index contributed by atoms with van der Waals surface area (Å²) in [4.78, 5) is 40.2. The highest BCUT2D eigenvalue weighted by molar-refractivity contribution is 6.30. The van der Waals surface area contributed by atoms with E-state index in [1.807, 2.05) is 0 Å². The maximum Gasteiger partial charge on any atom is 0.307 e. The van der Waals surface area contributed by atoms with Crippen LogP contribution in [-0.2, 0) is 9.53 Å². The lowest BCUT2D eigenvalue weighted by atomic mass is 9.98. The predicted molar refractivity (Wildman–Crippen MR) is 82.0 cm³/mol. The van der Waals surface area contributed by atoms with Gasteiger partial charge in [0.1, 0.15) is 5.56 Å². The van der Waals surface area contributed by atoms with E-state index in [4.69, 9.17) is 16.3 Å². The molecule has 0 spiro atoms. The minimum atomic E-state index is -0.477. The van der Waals surface area contributed by atoms with Gasteiger partial charge in [0.2, 0.25) is 0 Å². The number of piperidine rings is 1. The number of carbonyl (C=O) groups is 2. The van der Waals surface area contributed by atoms with E-state index < -0.39 is 11.5 Å². The molecule has 0 aromatic carbocycles. The van der Waals surface area contributed by atoms with Gasteiger partial charge in [-0.05, 0) is 32.3 Å². The van der Waals surface area contributed by atoms with Crippen molar-refractivity contribution in [1.82, 2.24) is 9.88 Å². The summed E-state index contributed by atoms with van der Waals surface area (Å²) in [6.07, 6.45) is 4.01. The summed E-state index contributed by atoms with van der Waals surface area (Å²) in [7, 11) is 0. The Morgan fingerprint density at radius 1 is 1.45 bits per heavy atom. The fraction of sp³-hybridized carbons (Fsp3) is 0.533. The maximum atomic E-state index is 12.6. The molecule has 1 fully saturated rings. The van der Waals surface area contributed by atoms with E-state index in [0.29, 0.717) is 18.2 Å². The predicted octanol–water partition coefficient (Wildman–Crippen LogP) is 1.98. The molecule has 0 bridgehead atoms. The van der Waals surface area contributed by atoms with Gasteiger partial charge in [-0.2, -0.15) is 0 Å². The topological polar surface area (TPSA) is 79.5 Å². The van der Waals surface area contributed by atoms with E-state index in [-0.39, 0.29) is 24.0 Å².